The number of amides is 2. The molecule has 24 heavy (non-hydrogen) atoms. The first kappa shape index (κ1) is 16.7. The van der Waals surface area contributed by atoms with Crippen molar-refractivity contribution in [1.82, 2.24) is 9.80 Å². The molecule has 126 valence electrons. The molecule has 2 heterocycles. The first-order valence-electron chi connectivity index (χ1n) is 8.20. The Balaban J connectivity index is 1.69. The molecule has 5 heteroatoms. The lowest BCUT2D eigenvalue weighted by Gasteiger charge is -2.19. The third kappa shape index (κ3) is 3.67. The van der Waals surface area contributed by atoms with Gasteiger partial charge in [0.25, 0.3) is 5.91 Å². The second-order valence-electron chi connectivity index (χ2n) is 6.31. The molecule has 4 nitrogen and oxygen atoms in total. The van der Waals surface area contributed by atoms with Crippen molar-refractivity contribution in [2.75, 3.05) is 13.6 Å². The summed E-state index contributed by atoms with van der Waals surface area (Å²) in [5.74, 6) is 0.217. The number of likely N-dealkylation sites (tertiary alicyclic amines) is 1. The highest BCUT2D eigenvalue weighted by atomic mass is 32.1. The second kappa shape index (κ2) is 7.18. The molecule has 0 N–H and O–H groups in total. The van der Waals surface area contributed by atoms with Crippen molar-refractivity contribution < 1.29 is 9.59 Å². The Morgan fingerprint density at radius 1 is 1.33 bits per heavy atom. The molecular weight excluding hydrogens is 320 g/mol. The van der Waals surface area contributed by atoms with Gasteiger partial charge < -0.3 is 9.80 Å². The summed E-state index contributed by atoms with van der Waals surface area (Å²) in [5, 5.41) is 2.05. The minimum atomic E-state index is 0.0115. The maximum Gasteiger partial charge on any atom is 0.253 e. The van der Waals surface area contributed by atoms with E-state index < -0.39 is 0 Å². The van der Waals surface area contributed by atoms with Crippen LogP contribution in [0.25, 0.3) is 0 Å². The summed E-state index contributed by atoms with van der Waals surface area (Å²) >= 11 is 1.68. The number of hydrogen-bond acceptors (Lipinski definition) is 3. The van der Waals surface area contributed by atoms with Gasteiger partial charge in [-0.3, -0.25) is 9.59 Å². The molecule has 1 aromatic heterocycles. The van der Waals surface area contributed by atoms with Crippen LogP contribution >= 0.6 is 11.3 Å². The quantitative estimate of drug-likeness (QED) is 0.835. The number of carbonyl (C=O) groups is 2. The summed E-state index contributed by atoms with van der Waals surface area (Å²) < 4.78 is 0. The smallest absolute Gasteiger partial charge is 0.253 e. The largest absolute Gasteiger partial charge is 0.338 e. The van der Waals surface area contributed by atoms with Crippen LogP contribution in [0.15, 0.2) is 35.7 Å². The maximum atomic E-state index is 12.7. The lowest BCUT2D eigenvalue weighted by atomic mass is 10.1. The van der Waals surface area contributed by atoms with Crippen LogP contribution in [0.1, 0.15) is 39.2 Å². The molecule has 1 saturated heterocycles. The van der Waals surface area contributed by atoms with E-state index in [0.717, 1.165) is 18.5 Å². The molecule has 0 bridgehead atoms. The van der Waals surface area contributed by atoms with Gasteiger partial charge in [0, 0.05) is 37.0 Å². The zero-order valence-electron chi connectivity index (χ0n) is 14.1. The molecule has 0 aliphatic carbocycles. The van der Waals surface area contributed by atoms with Crippen LogP contribution in [0.5, 0.6) is 0 Å². The van der Waals surface area contributed by atoms with E-state index in [9.17, 15) is 9.59 Å². The SMILES string of the molecule is Cc1ccsc1CN(C)C(=O)c1cccc(CN2CCCC2=O)c1. The van der Waals surface area contributed by atoms with E-state index in [4.69, 9.17) is 0 Å². The van der Waals surface area contributed by atoms with E-state index in [-0.39, 0.29) is 11.8 Å². The van der Waals surface area contributed by atoms with Crippen molar-refractivity contribution in [3.63, 3.8) is 0 Å². The Hall–Kier alpha value is -2.14. The van der Waals surface area contributed by atoms with E-state index in [1.807, 2.05) is 36.2 Å². The van der Waals surface area contributed by atoms with E-state index in [1.54, 1.807) is 16.2 Å². The molecule has 0 spiro atoms. The lowest BCUT2D eigenvalue weighted by Crippen LogP contribution is -2.27. The number of aryl methyl sites for hydroxylation is 1. The van der Waals surface area contributed by atoms with Gasteiger partial charge in [-0.05, 0) is 48.1 Å². The van der Waals surface area contributed by atoms with E-state index >= 15 is 0 Å². The third-order valence-electron chi connectivity index (χ3n) is 4.41. The molecule has 1 aliphatic rings. The van der Waals surface area contributed by atoms with E-state index in [1.165, 1.54) is 10.4 Å². The fourth-order valence-electron chi connectivity index (χ4n) is 2.97. The van der Waals surface area contributed by atoms with Crippen molar-refractivity contribution in [2.24, 2.45) is 0 Å². The van der Waals surface area contributed by atoms with Gasteiger partial charge in [-0.2, -0.15) is 0 Å². The fraction of sp³-hybridized carbons (Fsp3) is 0.368. The molecule has 0 radical (unpaired) electrons. The lowest BCUT2D eigenvalue weighted by molar-refractivity contribution is -0.128. The predicted molar refractivity (Wildman–Crippen MR) is 95.9 cm³/mol. The summed E-state index contributed by atoms with van der Waals surface area (Å²) in [5.41, 5.74) is 2.91. The number of thiophene rings is 1. The molecule has 1 aromatic carbocycles. The van der Waals surface area contributed by atoms with Gasteiger partial charge in [0.2, 0.25) is 5.91 Å². The molecule has 0 saturated carbocycles. The normalized spacial score (nSPS) is 14.2. The Morgan fingerprint density at radius 2 is 2.17 bits per heavy atom. The summed E-state index contributed by atoms with van der Waals surface area (Å²) in [6, 6.07) is 9.70. The number of carbonyl (C=O) groups excluding carboxylic acids is 2. The monoisotopic (exact) mass is 342 g/mol. The highest BCUT2D eigenvalue weighted by molar-refractivity contribution is 7.10. The van der Waals surface area contributed by atoms with Gasteiger partial charge in [-0.1, -0.05) is 12.1 Å². The molecule has 2 amide bonds. The number of benzene rings is 1. The summed E-state index contributed by atoms with van der Waals surface area (Å²) in [7, 11) is 1.83. The molecule has 0 unspecified atom stereocenters. The van der Waals surface area contributed by atoms with E-state index in [0.29, 0.717) is 25.1 Å². The van der Waals surface area contributed by atoms with Crippen LogP contribution in [-0.2, 0) is 17.9 Å². The number of nitrogens with zero attached hydrogens (tertiary/aromatic N) is 2. The summed E-state index contributed by atoms with van der Waals surface area (Å²) in [6.45, 7) is 4.09. The van der Waals surface area contributed by atoms with Gasteiger partial charge in [0.1, 0.15) is 0 Å². The van der Waals surface area contributed by atoms with E-state index in [2.05, 4.69) is 18.4 Å². The van der Waals surface area contributed by atoms with Gasteiger partial charge >= 0.3 is 0 Å². The van der Waals surface area contributed by atoms with Crippen LogP contribution in [0, 0.1) is 6.92 Å². The average molecular weight is 342 g/mol. The zero-order valence-corrected chi connectivity index (χ0v) is 14.9. The minimum absolute atomic E-state index is 0.0115. The zero-order chi connectivity index (χ0) is 17.1. The number of rotatable bonds is 5. The van der Waals surface area contributed by atoms with Gasteiger partial charge in [-0.25, -0.2) is 0 Å². The Morgan fingerprint density at radius 3 is 2.83 bits per heavy atom. The van der Waals surface area contributed by atoms with Crippen molar-refractivity contribution in [2.45, 2.75) is 32.9 Å². The molecule has 0 atom stereocenters. The molecule has 3 rings (SSSR count). The molecule has 1 fully saturated rings. The predicted octanol–water partition coefficient (Wildman–Crippen LogP) is 3.45. The van der Waals surface area contributed by atoms with Crippen molar-refractivity contribution in [1.29, 1.82) is 0 Å². The van der Waals surface area contributed by atoms with Gasteiger partial charge in [0.15, 0.2) is 0 Å². The first-order valence-corrected chi connectivity index (χ1v) is 9.07. The van der Waals surface area contributed by atoms with Crippen LogP contribution in [0.3, 0.4) is 0 Å². The summed E-state index contributed by atoms with van der Waals surface area (Å²) in [4.78, 5) is 29.3. The van der Waals surface area contributed by atoms with Crippen LogP contribution in [0.2, 0.25) is 0 Å². The van der Waals surface area contributed by atoms with Crippen LogP contribution in [-0.4, -0.2) is 35.2 Å². The molecule has 2 aromatic rings. The topological polar surface area (TPSA) is 40.6 Å². The Labute approximate surface area is 146 Å². The van der Waals surface area contributed by atoms with Gasteiger partial charge in [-0.15, -0.1) is 11.3 Å². The fourth-order valence-corrected chi connectivity index (χ4v) is 3.93. The van der Waals surface area contributed by atoms with Crippen molar-refractivity contribution >= 4 is 23.2 Å². The Bertz CT molecular complexity index is 753. The molecular formula is C19H22N2O2S. The second-order valence-corrected chi connectivity index (χ2v) is 7.31. The highest BCUT2D eigenvalue weighted by Gasteiger charge is 2.20. The first-order chi connectivity index (χ1) is 11.5. The minimum Gasteiger partial charge on any atom is -0.338 e. The van der Waals surface area contributed by atoms with Crippen molar-refractivity contribution in [3.05, 3.63) is 57.3 Å². The maximum absolute atomic E-state index is 12.7. The summed E-state index contributed by atoms with van der Waals surface area (Å²) in [6.07, 6.45) is 1.57. The number of hydrogen-bond donors (Lipinski definition) is 0. The van der Waals surface area contributed by atoms with Crippen LogP contribution in [0.4, 0.5) is 0 Å². The standard InChI is InChI=1S/C19H22N2O2S/c1-14-8-10-24-17(14)13-20(2)19(23)16-6-3-5-15(11-16)12-21-9-4-7-18(21)22/h3,5-6,8,10-11H,4,7,9,12-13H2,1-2H3. The average Bonchev–Trinajstić information content (AvgIpc) is 3.16. The third-order valence-corrected chi connectivity index (χ3v) is 5.42. The Kier molecular flexibility index (Phi) is 5.00. The van der Waals surface area contributed by atoms with Crippen LogP contribution < -0.4 is 0 Å². The highest BCUT2D eigenvalue weighted by Crippen LogP contribution is 2.19. The van der Waals surface area contributed by atoms with Gasteiger partial charge in [0.05, 0.1) is 6.54 Å². The molecule has 1 aliphatic heterocycles. The van der Waals surface area contributed by atoms with Crippen molar-refractivity contribution in [3.8, 4) is 0 Å².